The first kappa shape index (κ1) is 24.8. The summed E-state index contributed by atoms with van der Waals surface area (Å²) in [5, 5.41) is 10.4. The number of aromatic nitrogens is 5. The Bertz CT molecular complexity index is 1320. The lowest BCUT2D eigenvalue weighted by atomic mass is 9.96. The number of rotatable bonds is 5. The number of anilines is 1. The molecule has 0 unspecified atom stereocenters. The topological polar surface area (TPSA) is 96.0 Å². The molecule has 1 aromatic carbocycles. The number of hydrogen-bond acceptors (Lipinski definition) is 5. The van der Waals surface area contributed by atoms with E-state index in [1.807, 2.05) is 0 Å². The number of halogens is 4. The van der Waals surface area contributed by atoms with Gasteiger partial charge in [0.05, 0.1) is 28.1 Å². The molecule has 1 aliphatic rings. The van der Waals surface area contributed by atoms with Gasteiger partial charge in [0.15, 0.2) is 5.69 Å². The highest BCUT2D eigenvalue weighted by Crippen LogP contribution is 2.31. The number of benzene rings is 1. The second kappa shape index (κ2) is 9.40. The summed E-state index contributed by atoms with van der Waals surface area (Å²) in [7, 11) is 1.79. The minimum atomic E-state index is -4.86. The Hall–Kier alpha value is -3.28. The van der Waals surface area contributed by atoms with E-state index in [-0.39, 0.29) is 39.4 Å². The number of ether oxygens (including phenoxy) is 1. The summed E-state index contributed by atoms with van der Waals surface area (Å²) in [6.07, 6.45) is 0.214. The maximum atomic E-state index is 13.1. The molecule has 35 heavy (non-hydrogen) atoms. The highest BCUT2D eigenvalue weighted by atomic mass is 35.5. The summed E-state index contributed by atoms with van der Waals surface area (Å²) in [5.74, 6) is -1.13. The number of nitrogens with zero attached hydrogens (tertiary/aromatic N) is 5. The molecule has 0 bridgehead atoms. The van der Waals surface area contributed by atoms with Gasteiger partial charge >= 0.3 is 6.36 Å². The summed E-state index contributed by atoms with van der Waals surface area (Å²) in [5.41, 5.74) is 0.948. The van der Waals surface area contributed by atoms with Crippen molar-refractivity contribution in [2.75, 3.05) is 5.32 Å². The maximum absolute atomic E-state index is 13.1. The highest BCUT2D eigenvalue weighted by molar-refractivity contribution is 6.32. The molecular formula is C22H24ClF3N6O3. The summed E-state index contributed by atoms with van der Waals surface area (Å²) >= 11 is 6.14. The molecule has 1 fully saturated rings. The molecule has 0 aliphatic heterocycles. The summed E-state index contributed by atoms with van der Waals surface area (Å²) in [6, 6.07) is 3.43. The van der Waals surface area contributed by atoms with Gasteiger partial charge in [-0.2, -0.15) is 0 Å². The number of nitrogens with one attached hydrogen (secondary N) is 1. The van der Waals surface area contributed by atoms with Crippen LogP contribution in [0.25, 0.3) is 5.69 Å². The maximum Gasteiger partial charge on any atom is 0.573 e. The Morgan fingerprint density at radius 1 is 1.17 bits per heavy atom. The van der Waals surface area contributed by atoms with Crippen molar-refractivity contribution in [2.45, 2.75) is 58.4 Å². The molecular weight excluding hydrogens is 489 g/mol. The Kier molecular flexibility index (Phi) is 6.67. The van der Waals surface area contributed by atoms with Crippen LogP contribution in [-0.4, -0.2) is 36.6 Å². The molecule has 4 rings (SSSR count). The molecule has 9 nitrogen and oxygen atoms in total. The zero-order chi connectivity index (χ0) is 25.5. The van der Waals surface area contributed by atoms with Crippen molar-refractivity contribution in [1.82, 2.24) is 24.4 Å². The van der Waals surface area contributed by atoms with Crippen molar-refractivity contribution in [3.63, 3.8) is 0 Å². The van der Waals surface area contributed by atoms with E-state index in [2.05, 4.69) is 20.4 Å². The van der Waals surface area contributed by atoms with Crippen LogP contribution in [0.1, 0.15) is 60.0 Å². The van der Waals surface area contributed by atoms with E-state index < -0.39 is 18.0 Å². The van der Waals surface area contributed by atoms with Gasteiger partial charge in [-0.1, -0.05) is 36.1 Å². The molecule has 0 spiro atoms. The molecule has 0 radical (unpaired) electrons. The highest BCUT2D eigenvalue weighted by Gasteiger charge is 2.31. The van der Waals surface area contributed by atoms with E-state index in [0.717, 1.165) is 44.2 Å². The normalized spacial score (nSPS) is 14.8. The Labute approximate surface area is 203 Å². The predicted octanol–water partition coefficient (Wildman–Crippen LogP) is 4.69. The van der Waals surface area contributed by atoms with Crippen LogP contribution in [0.2, 0.25) is 5.02 Å². The van der Waals surface area contributed by atoms with Crippen LogP contribution >= 0.6 is 11.6 Å². The molecule has 1 amide bonds. The van der Waals surface area contributed by atoms with Gasteiger partial charge in [-0.05, 0) is 38.8 Å². The Morgan fingerprint density at radius 3 is 2.49 bits per heavy atom. The van der Waals surface area contributed by atoms with Crippen molar-refractivity contribution in [1.29, 1.82) is 0 Å². The minimum Gasteiger partial charge on any atom is -0.406 e. The first-order valence-corrected chi connectivity index (χ1v) is 11.4. The first-order chi connectivity index (χ1) is 16.5. The van der Waals surface area contributed by atoms with Crippen LogP contribution in [0.15, 0.2) is 23.0 Å². The van der Waals surface area contributed by atoms with Gasteiger partial charge < -0.3 is 10.1 Å². The summed E-state index contributed by atoms with van der Waals surface area (Å²) in [6.45, 7) is 3.31. The van der Waals surface area contributed by atoms with E-state index in [4.69, 9.17) is 11.6 Å². The monoisotopic (exact) mass is 512 g/mol. The van der Waals surface area contributed by atoms with Gasteiger partial charge in [0.25, 0.3) is 11.5 Å². The molecule has 1 N–H and O–H groups in total. The van der Waals surface area contributed by atoms with Crippen LogP contribution < -0.4 is 15.6 Å². The van der Waals surface area contributed by atoms with E-state index in [1.165, 1.54) is 10.7 Å². The van der Waals surface area contributed by atoms with Crippen LogP contribution in [0.3, 0.4) is 0 Å². The molecule has 188 valence electrons. The average molecular weight is 513 g/mol. The molecule has 1 aliphatic carbocycles. The molecule has 2 aromatic heterocycles. The zero-order valence-electron chi connectivity index (χ0n) is 19.3. The third kappa shape index (κ3) is 4.93. The number of amides is 1. The second-order valence-electron chi connectivity index (χ2n) is 8.48. The second-order valence-corrected chi connectivity index (χ2v) is 8.88. The van der Waals surface area contributed by atoms with E-state index in [0.29, 0.717) is 5.69 Å². The number of alkyl halides is 3. The smallest absolute Gasteiger partial charge is 0.406 e. The van der Waals surface area contributed by atoms with E-state index in [1.54, 1.807) is 30.3 Å². The quantitative estimate of drug-likeness (QED) is 0.535. The van der Waals surface area contributed by atoms with Crippen molar-refractivity contribution in [2.24, 2.45) is 7.05 Å². The van der Waals surface area contributed by atoms with Gasteiger partial charge in [-0.15, -0.1) is 18.3 Å². The molecule has 1 saturated carbocycles. The Balaban J connectivity index is 1.59. The molecule has 13 heteroatoms. The number of carbonyl (C=O) groups is 1. The van der Waals surface area contributed by atoms with Crippen LogP contribution in [0.4, 0.5) is 18.9 Å². The minimum absolute atomic E-state index is 0.0523. The largest absolute Gasteiger partial charge is 0.573 e. The van der Waals surface area contributed by atoms with Crippen molar-refractivity contribution in [3.05, 3.63) is 50.7 Å². The first-order valence-electron chi connectivity index (χ1n) is 11.1. The van der Waals surface area contributed by atoms with Gasteiger partial charge in [-0.3, -0.25) is 14.3 Å². The van der Waals surface area contributed by atoms with Crippen LogP contribution in [0.5, 0.6) is 5.75 Å². The van der Waals surface area contributed by atoms with Crippen LogP contribution in [-0.2, 0) is 7.05 Å². The van der Waals surface area contributed by atoms with Crippen molar-refractivity contribution >= 4 is 23.2 Å². The zero-order valence-corrected chi connectivity index (χ0v) is 20.1. The van der Waals surface area contributed by atoms with Gasteiger partial charge in [-0.25, -0.2) is 9.36 Å². The summed E-state index contributed by atoms with van der Waals surface area (Å²) < 4.78 is 45.9. The molecule has 2 heterocycles. The van der Waals surface area contributed by atoms with Crippen molar-refractivity contribution in [3.8, 4) is 11.4 Å². The summed E-state index contributed by atoms with van der Waals surface area (Å²) in [4.78, 5) is 26.2. The standard InChI is InChI=1S/C22H24ClF3N6O3/c1-12-19(21(34)32(30(12)3)14-7-5-4-6-8-14)27-20(33)18-13(2)31(29-28-18)17-10-9-15(11-16(17)23)35-22(24,25)26/h9-11,14H,4-8H2,1-3H3,(H,27,33). The molecule has 0 saturated heterocycles. The fourth-order valence-electron chi connectivity index (χ4n) is 4.41. The number of hydrogen-bond donors (Lipinski definition) is 1. The lowest BCUT2D eigenvalue weighted by molar-refractivity contribution is -0.274. The number of carbonyl (C=O) groups excluding carboxylic acids is 1. The van der Waals surface area contributed by atoms with E-state index >= 15 is 0 Å². The fraction of sp³-hybridized carbons (Fsp3) is 0.455. The Morgan fingerprint density at radius 2 is 1.86 bits per heavy atom. The molecule has 3 aromatic rings. The predicted molar refractivity (Wildman–Crippen MR) is 122 cm³/mol. The van der Waals surface area contributed by atoms with Crippen molar-refractivity contribution < 1.29 is 22.7 Å². The third-order valence-corrected chi connectivity index (χ3v) is 6.54. The van der Waals surface area contributed by atoms with Gasteiger partial charge in [0, 0.05) is 13.1 Å². The third-order valence-electron chi connectivity index (χ3n) is 6.24. The molecule has 0 atom stereocenters. The van der Waals surface area contributed by atoms with Gasteiger partial charge in [0.2, 0.25) is 0 Å². The average Bonchev–Trinajstić information content (AvgIpc) is 3.26. The van der Waals surface area contributed by atoms with Crippen LogP contribution in [0, 0.1) is 13.8 Å². The van der Waals surface area contributed by atoms with E-state index in [9.17, 15) is 22.8 Å². The fourth-order valence-corrected chi connectivity index (χ4v) is 4.66. The van der Waals surface area contributed by atoms with Gasteiger partial charge in [0.1, 0.15) is 11.4 Å². The lowest BCUT2D eigenvalue weighted by Crippen LogP contribution is -2.29. The SMILES string of the molecule is Cc1c(C(=O)Nc2c(C)n(C)n(C3CCCCC3)c2=O)nnn1-c1ccc(OC(F)(F)F)cc1Cl. The lowest BCUT2D eigenvalue weighted by Gasteiger charge is -2.24.